The molecular formula is C16H16ClNO3. The number of nitrogens with one attached hydrogen (secondary N) is 1. The van der Waals surface area contributed by atoms with Gasteiger partial charge in [0.25, 0.3) is 0 Å². The second kappa shape index (κ2) is 6.50. The summed E-state index contributed by atoms with van der Waals surface area (Å²) in [6.07, 6.45) is 0. The van der Waals surface area contributed by atoms with Crippen LogP contribution in [-0.4, -0.2) is 18.2 Å². The van der Waals surface area contributed by atoms with Crippen LogP contribution in [0.25, 0.3) is 0 Å². The topological polar surface area (TPSA) is 58.6 Å². The molecule has 0 saturated carbocycles. The Morgan fingerprint density at radius 3 is 2.81 bits per heavy atom. The minimum atomic E-state index is -0.423. The fraction of sp³-hybridized carbons (Fsp3) is 0.188. The number of methoxy groups -OCH3 is 1. The van der Waals surface area contributed by atoms with E-state index < -0.39 is 5.97 Å². The first-order valence-electron chi connectivity index (χ1n) is 6.42. The van der Waals surface area contributed by atoms with Crippen LogP contribution in [0.5, 0.6) is 5.75 Å². The summed E-state index contributed by atoms with van der Waals surface area (Å²) in [5, 5.41) is 13.6. The second-order valence-corrected chi connectivity index (χ2v) is 5.03. The van der Waals surface area contributed by atoms with Crippen molar-refractivity contribution < 1.29 is 14.6 Å². The second-order valence-electron chi connectivity index (χ2n) is 4.62. The zero-order valence-electron chi connectivity index (χ0n) is 11.8. The number of aryl methyl sites for hydroxylation is 1. The standard InChI is InChI=1S/C16H16ClNO3/c1-10-4-3-5-12(15(10)19)9-18-14-8-11(16(20)21-2)6-7-13(14)17/h3-8,18-19H,9H2,1-2H3. The fourth-order valence-electron chi connectivity index (χ4n) is 1.96. The third-order valence-corrected chi connectivity index (χ3v) is 3.51. The van der Waals surface area contributed by atoms with Crippen molar-refractivity contribution in [1.29, 1.82) is 0 Å². The van der Waals surface area contributed by atoms with E-state index in [1.165, 1.54) is 7.11 Å². The van der Waals surface area contributed by atoms with Gasteiger partial charge in [-0.1, -0.05) is 29.8 Å². The van der Waals surface area contributed by atoms with Gasteiger partial charge in [-0.15, -0.1) is 0 Å². The van der Waals surface area contributed by atoms with Crippen LogP contribution in [0.4, 0.5) is 5.69 Å². The van der Waals surface area contributed by atoms with E-state index in [4.69, 9.17) is 11.6 Å². The molecule has 0 saturated heterocycles. The first kappa shape index (κ1) is 15.2. The third kappa shape index (κ3) is 3.47. The average Bonchev–Trinajstić information content (AvgIpc) is 2.49. The van der Waals surface area contributed by atoms with Gasteiger partial charge in [-0.3, -0.25) is 0 Å². The van der Waals surface area contributed by atoms with E-state index in [2.05, 4.69) is 10.1 Å². The third-order valence-electron chi connectivity index (χ3n) is 3.18. The monoisotopic (exact) mass is 305 g/mol. The molecular weight excluding hydrogens is 290 g/mol. The number of halogens is 1. The van der Waals surface area contributed by atoms with E-state index >= 15 is 0 Å². The fourth-order valence-corrected chi connectivity index (χ4v) is 2.14. The van der Waals surface area contributed by atoms with Crippen LogP contribution in [0.1, 0.15) is 21.5 Å². The van der Waals surface area contributed by atoms with Gasteiger partial charge in [-0.05, 0) is 30.7 Å². The van der Waals surface area contributed by atoms with Crippen LogP contribution in [0.3, 0.4) is 0 Å². The molecule has 0 fully saturated rings. The van der Waals surface area contributed by atoms with E-state index in [-0.39, 0.29) is 5.75 Å². The molecule has 0 radical (unpaired) electrons. The molecule has 0 spiro atoms. The molecule has 0 aliphatic rings. The van der Waals surface area contributed by atoms with Crippen molar-refractivity contribution in [3.8, 4) is 5.75 Å². The Morgan fingerprint density at radius 2 is 2.10 bits per heavy atom. The van der Waals surface area contributed by atoms with Crippen molar-refractivity contribution in [2.45, 2.75) is 13.5 Å². The van der Waals surface area contributed by atoms with Gasteiger partial charge in [0, 0.05) is 12.1 Å². The quantitative estimate of drug-likeness (QED) is 0.845. The zero-order chi connectivity index (χ0) is 15.4. The molecule has 2 aromatic carbocycles. The van der Waals surface area contributed by atoms with Crippen LogP contribution < -0.4 is 5.32 Å². The van der Waals surface area contributed by atoms with Crippen molar-refractivity contribution in [2.24, 2.45) is 0 Å². The Kier molecular flexibility index (Phi) is 4.70. The van der Waals surface area contributed by atoms with Crippen molar-refractivity contribution in [2.75, 3.05) is 12.4 Å². The van der Waals surface area contributed by atoms with Crippen molar-refractivity contribution in [3.63, 3.8) is 0 Å². The van der Waals surface area contributed by atoms with Crippen LogP contribution in [-0.2, 0) is 11.3 Å². The lowest BCUT2D eigenvalue weighted by atomic mass is 10.1. The SMILES string of the molecule is COC(=O)c1ccc(Cl)c(NCc2cccc(C)c2O)c1. The molecule has 0 aliphatic carbocycles. The molecule has 110 valence electrons. The van der Waals surface area contributed by atoms with E-state index in [9.17, 15) is 9.90 Å². The molecule has 2 N–H and O–H groups in total. The molecule has 0 atom stereocenters. The van der Waals surface area contributed by atoms with Crippen molar-refractivity contribution >= 4 is 23.3 Å². The Bertz CT molecular complexity index is 671. The minimum absolute atomic E-state index is 0.255. The molecule has 0 heterocycles. The summed E-state index contributed by atoms with van der Waals surface area (Å²) >= 11 is 6.10. The molecule has 0 bridgehead atoms. The summed E-state index contributed by atoms with van der Waals surface area (Å²) < 4.78 is 4.68. The minimum Gasteiger partial charge on any atom is -0.507 e. The normalized spacial score (nSPS) is 10.2. The number of phenolic OH excluding ortho intramolecular Hbond substituents is 1. The molecule has 0 amide bonds. The van der Waals surface area contributed by atoms with Gasteiger partial charge >= 0.3 is 5.97 Å². The lowest BCUT2D eigenvalue weighted by Crippen LogP contribution is -2.05. The van der Waals surface area contributed by atoms with Gasteiger partial charge < -0.3 is 15.2 Å². The molecule has 21 heavy (non-hydrogen) atoms. The van der Waals surface area contributed by atoms with Crippen LogP contribution in [0, 0.1) is 6.92 Å². The summed E-state index contributed by atoms with van der Waals surface area (Å²) in [5.74, 6) is -0.168. The van der Waals surface area contributed by atoms with E-state index in [1.807, 2.05) is 25.1 Å². The smallest absolute Gasteiger partial charge is 0.337 e. The van der Waals surface area contributed by atoms with Crippen LogP contribution in [0.2, 0.25) is 5.02 Å². The number of phenols is 1. The molecule has 2 rings (SSSR count). The van der Waals surface area contributed by atoms with Gasteiger partial charge in [-0.2, -0.15) is 0 Å². The van der Waals surface area contributed by atoms with Crippen molar-refractivity contribution in [1.82, 2.24) is 0 Å². The molecule has 2 aromatic rings. The van der Waals surface area contributed by atoms with Gasteiger partial charge in [0.05, 0.1) is 23.4 Å². The lowest BCUT2D eigenvalue weighted by Gasteiger charge is -2.12. The number of hydrogen-bond acceptors (Lipinski definition) is 4. The summed E-state index contributed by atoms with van der Waals surface area (Å²) in [6, 6.07) is 10.4. The van der Waals surface area contributed by atoms with Gasteiger partial charge in [0.1, 0.15) is 5.75 Å². The van der Waals surface area contributed by atoms with E-state index in [0.717, 1.165) is 11.1 Å². The Morgan fingerprint density at radius 1 is 1.33 bits per heavy atom. The molecule has 0 aromatic heterocycles. The summed E-state index contributed by atoms with van der Waals surface area (Å²) in [5.41, 5.74) is 2.59. The number of benzene rings is 2. The lowest BCUT2D eigenvalue weighted by molar-refractivity contribution is 0.0601. The Hall–Kier alpha value is -2.20. The average molecular weight is 306 g/mol. The molecule has 5 heteroatoms. The van der Waals surface area contributed by atoms with E-state index in [1.54, 1.807) is 18.2 Å². The largest absolute Gasteiger partial charge is 0.507 e. The number of anilines is 1. The number of esters is 1. The number of carbonyl (C=O) groups is 1. The van der Waals surface area contributed by atoms with Gasteiger partial charge in [-0.25, -0.2) is 4.79 Å². The first-order chi connectivity index (χ1) is 10.0. The number of carbonyl (C=O) groups excluding carboxylic acids is 1. The maximum Gasteiger partial charge on any atom is 0.337 e. The van der Waals surface area contributed by atoms with Crippen LogP contribution in [0.15, 0.2) is 36.4 Å². The number of rotatable bonds is 4. The highest BCUT2D eigenvalue weighted by atomic mass is 35.5. The highest BCUT2D eigenvalue weighted by molar-refractivity contribution is 6.33. The maximum absolute atomic E-state index is 11.5. The highest BCUT2D eigenvalue weighted by Crippen LogP contribution is 2.26. The summed E-state index contributed by atoms with van der Waals surface area (Å²) in [6.45, 7) is 2.24. The number of hydrogen-bond donors (Lipinski definition) is 2. The summed E-state index contributed by atoms with van der Waals surface area (Å²) in [7, 11) is 1.33. The van der Waals surface area contributed by atoms with Crippen LogP contribution >= 0.6 is 11.6 Å². The Labute approximate surface area is 128 Å². The Balaban J connectivity index is 2.19. The first-order valence-corrected chi connectivity index (χ1v) is 6.80. The van der Waals surface area contributed by atoms with Gasteiger partial charge in [0.15, 0.2) is 0 Å². The summed E-state index contributed by atoms with van der Waals surface area (Å²) in [4.78, 5) is 11.5. The zero-order valence-corrected chi connectivity index (χ0v) is 12.6. The van der Waals surface area contributed by atoms with Crippen molar-refractivity contribution in [3.05, 3.63) is 58.1 Å². The number of ether oxygens (including phenoxy) is 1. The number of para-hydroxylation sites is 1. The molecule has 4 nitrogen and oxygen atoms in total. The van der Waals surface area contributed by atoms with E-state index in [0.29, 0.717) is 22.8 Å². The predicted molar refractivity (Wildman–Crippen MR) is 83.0 cm³/mol. The molecule has 0 aliphatic heterocycles. The van der Waals surface area contributed by atoms with Gasteiger partial charge in [0.2, 0.25) is 0 Å². The predicted octanol–water partition coefficient (Wildman–Crippen LogP) is 3.75. The maximum atomic E-state index is 11.5. The highest BCUT2D eigenvalue weighted by Gasteiger charge is 2.10. The number of aromatic hydroxyl groups is 1. The molecule has 0 unspecified atom stereocenters.